The number of aliphatic imine (C=N–C) groups is 1. The second-order valence-electron chi connectivity index (χ2n) is 8.17. The summed E-state index contributed by atoms with van der Waals surface area (Å²) in [6.45, 7) is 2.24. The Morgan fingerprint density at radius 2 is 1.82 bits per heavy atom. The highest BCUT2D eigenvalue weighted by Gasteiger charge is 2.30. The summed E-state index contributed by atoms with van der Waals surface area (Å²) in [5.41, 5.74) is 2.59. The minimum Gasteiger partial charge on any atom is -0.487 e. The summed E-state index contributed by atoms with van der Waals surface area (Å²) in [5, 5.41) is 11.6. The minimum atomic E-state index is -0.434. The average Bonchev–Trinajstić information content (AvgIpc) is 3.16. The van der Waals surface area contributed by atoms with E-state index in [0.29, 0.717) is 39.2 Å². The van der Waals surface area contributed by atoms with E-state index < -0.39 is 10.9 Å². The molecule has 3 aromatic carbocycles. The first-order valence-electron chi connectivity index (χ1n) is 11.5. The van der Waals surface area contributed by atoms with Gasteiger partial charge in [-0.1, -0.05) is 12.1 Å². The summed E-state index contributed by atoms with van der Waals surface area (Å²) >= 11 is 5.61. The standard InChI is InChI=1S/C27H21I2N3O6S/c1-3-37-26(34)18-7-9-19(10-8-18)30-27-31(2)25(33)23(39-27)14-17-12-21(28)24(22(29)13-17)38-15-16-5-4-6-20(11-16)32(35)36/h4-14H,3,15H2,1-2H3. The molecule has 0 aliphatic carbocycles. The summed E-state index contributed by atoms with van der Waals surface area (Å²) in [4.78, 5) is 42.0. The first kappa shape index (κ1) is 29.0. The van der Waals surface area contributed by atoms with E-state index in [2.05, 4.69) is 50.2 Å². The molecule has 4 rings (SSSR count). The van der Waals surface area contributed by atoms with Gasteiger partial charge < -0.3 is 9.47 Å². The van der Waals surface area contributed by atoms with Gasteiger partial charge in [-0.15, -0.1) is 0 Å². The van der Waals surface area contributed by atoms with Crippen molar-refractivity contribution in [2.45, 2.75) is 13.5 Å². The van der Waals surface area contributed by atoms with Gasteiger partial charge in [-0.25, -0.2) is 9.79 Å². The number of nitro benzene ring substituents is 1. The summed E-state index contributed by atoms with van der Waals surface area (Å²) < 4.78 is 12.7. The zero-order chi connectivity index (χ0) is 28.1. The van der Waals surface area contributed by atoms with Crippen LogP contribution in [-0.4, -0.2) is 40.5 Å². The molecule has 1 amide bonds. The lowest BCUT2D eigenvalue weighted by molar-refractivity contribution is -0.384. The van der Waals surface area contributed by atoms with Gasteiger partial charge in [0.15, 0.2) is 5.17 Å². The van der Waals surface area contributed by atoms with Crippen molar-refractivity contribution < 1.29 is 24.0 Å². The zero-order valence-electron chi connectivity index (χ0n) is 20.7. The van der Waals surface area contributed by atoms with Gasteiger partial charge in [0.2, 0.25) is 0 Å². The van der Waals surface area contributed by atoms with Crippen molar-refractivity contribution in [3.05, 3.63) is 99.5 Å². The van der Waals surface area contributed by atoms with Gasteiger partial charge in [-0.2, -0.15) is 0 Å². The number of carbonyl (C=O) groups is 2. The van der Waals surface area contributed by atoms with E-state index in [1.54, 1.807) is 50.4 Å². The van der Waals surface area contributed by atoms with Gasteiger partial charge in [0.05, 0.1) is 34.8 Å². The van der Waals surface area contributed by atoms with Gasteiger partial charge in [0.1, 0.15) is 12.4 Å². The van der Waals surface area contributed by atoms with Crippen LogP contribution < -0.4 is 4.74 Å². The quantitative estimate of drug-likeness (QED) is 0.0816. The van der Waals surface area contributed by atoms with Crippen LogP contribution in [0.25, 0.3) is 6.08 Å². The fourth-order valence-electron chi connectivity index (χ4n) is 3.52. The molecule has 1 aliphatic rings. The molecule has 3 aromatic rings. The molecule has 1 fully saturated rings. The van der Waals surface area contributed by atoms with Crippen molar-refractivity contribution in [2.24, 2.45) is 4.99 Å². The Labute approximate surface area is 256 Å². The molecule has 1 aliphatic heterocycles. The van der Waals surface area contributed by atoms with Crippen molar-refractivity contribution in [3.8, 4) is 5.75 Å². The first-order chi connectivity index (χ1) is 18.7. The Balaban J connectivity index is 1.49. The number of ether oxygens (including phenoxy) is 2. The molecule has 0 N–H and O–H groups in total. The molecular formula is C27H21I2N3O6S. The molecule has 0 radical (unpaired) electrons. The normalized spacial score (nSPS) is 15.2. The van der Waals surface area contributed by atoms with Gasteiger partial charge >= 0.3 is 5.97 Å². The molecule has 0 aromatic heterocycles. The van der Waals surface area contributed by atoms with E-state index in [1.807, 2.05) is 18.2 Å². The average molecular weight is 769 g/mol. The second kappa shape index (κ2) is 12.9. The summed E-state index contributed by atoms with van der Waals surface area (Å²) in [7, 11) is 1.67. The summed E-state index contributed by atoms with van der Waals surface area (Å²) in [6.07, 6.45) is 1.81. The van der Waals surface area contributed by atoms with Crippen LogP contribution in [0.3, 0.4) is 0 Å². The molecule has 39 heavy (non-hydrogen) atoms. The lowest BCUT2D eigenvalue weighted by Gasteiger charge is -2.12. The highest BCUT2D eigenvalue weighted by molar-refractivity contribution is 14.1. The van der Waals surface area contributed by atoms with Crippen molar-refractivity contribution in [1.29, 1.82) is 0 Å². The van der Waals surface area contributed by atoms with Crippen molar-refractivity contribution in [1.82, 2.24) is 4.90 Å². The van der Waals surface area contributed by atoms with Crippen molar-refractivity contribution in [2.75, 3.05) is 13.7 Å². The van der Waals surface area contributed by atoms with Gasteiger partial charge in [0, 0.05) is 19.2 Å². The van der Waals surface area contributed by atoms with Crippen LogP contribution in [0.2, 0.25) is 0 Å². The molecule has 9 nitrogen and oxygen atoms in total. The highest BCUT2D eigenvalue weighted by atomic mass is 127. The van der Waals surface area contributed by atoms with Crippen LogP contribution >= 0.6 is 56.9 Å². The predicted octanol–water partition coefficient (Wildman–Crippen LogP) is 6.79. The maximum absolute atomic E-state index is 12.9. The predicted molar refractivity (Wildman–Crippen MR) is 167 cm³/mol. The number of hydrogen-bond donors (Lipinski definition) is 0. The monoisotopic (exact) mass is 769 g/mol. The van der Waals surface area contributed by atoms with Crippen LogP contribution in [0.15, 0.2) is 70.6 Å². The third kappa shape index (κ3) is 7.16. The maximum atomic E-state index is 12.9. The Kier molecular flexibility index (Phi) is 9.61. The lowest BCUT2D eigenvalue weighted by atomic mass is 10.2. The van der Waals surface area contributed by atoms with Gasteiger partial charge in [0.25, 0.3) is 11.6 Å². The van der Waals surface area contributed by atoms with Crippen LogP contribution in [0, 0.1) is 17.3 Å². The fourth-order valence-corrected chi connectivity index (χ4v) is 6.63. The van der Waals surface area contributed by atoms with Crippen molar-refractivity contribution in [3.63, 3.8) is 0 Å². The smallest absolute Gasteiger partial charge is 0.338 e. The number of hydrogen-bond acceptors (Lipinski definition) is 8. The number of halogens is 2. The molecule has 0 spiro atoms. The molecule has 0 saturated carbocycles. The summed E-state index contributed by atoms with van der Waals surface area (Å²) in [6, 6.07) is 16.9. The minimum absolute atomic E-state index is 0.0164. The number of rotatable bonds is 8. The Morgan fingerprint density at radius 1 is 1.13 bits per heavy atom. The number of benzene rings is 3. The van der Waals surface area contributed by atoms with Crippen LogP contribution in [-0.2, 0) is 16.1 Å². The van der Waals surface area contributed by atoms with E-state index >= 15 is 0 Å². The molecule has 12 heteroatoms. The van der Waals surface area contributed by atoms with E-state index in [4.69, 9.17) is 9.47 Å². The SMILES string of the molecule is CCOC(=O)c1ccc(N=C2SC(=Cc3cc(I)c(OCc4cccc([N+](=O)[O-])c4)c(I)c3)C(=O)N2C)cc1. The number of non-ortho nitro benzene ring substituents is 1. The Bertz CT molecular complexity index is 1480. The topological polar surface area (TPSA) is 111 Å². The molecule has 0 atom stereocenters. The third-order valence-corrected chi connectivity index (χ3v) is 8.09. The number of carbonyl (C=O) groups excluding carboxylic acids is 2. The first-order valence-corrected chi connectivity index (χ1v) is 14.5. The van der Waals surface area contributed by atoms with Crippen LogP contribution in [0.1, 0.15) is 28.4 Å². The molecule has 0 bridgehead atoms. The number of nitrogens with zero attached hydrogens (tertiary/aromatic N) is 3. The number of amidine groups is 1. The highest BCUT2D eigenvalue weighted by Crippen LogP contribution is 2.35. The Hall–Kier alpha value is -2.98. The van der Waals surface area contributed by atoms with Crippen LogP contribution in [0.5, 0.6) is 5.75 Å². The maximum Gasteiger partial charge on any atom is 0.338 e. The number of nitro groups is 1. The largest absolute Gasteiger partial charge is 0.487 e. The molecule has 200 valence electrons. The number of thioether (sulfide) groups is 1. The van der Waals surface area contributed by atoms with E-state index in [1.165, 1.54) is 28.8 Å². The number of esters is 1. The molecule has 0 unspecified atom stereocenters. The number of amides is 1. The van der Waals surface area contributed by atoms with Gasteiger partial charge in [-0.05, 0) is 117 Å². The van der Waals surface area contributed by atoms with E-state index in [0.717, 1.165) is 12.7 Å². The van der Waals surface area contributed by atoms with E-state index in [-0.39, 0.29) is 18.2 Å². The molecule has 1 saturated heterocycles. The second-order valence-corrected chi connectivity index (χ2v) is 11.5. The molecular weight excluding hydrogens is 748 g/mol. The zero-order valence-corrected chi connectivity index (χ0v) is 25.9. The fraction of sp³-hybridized carbons (Fsp3) is 0.148. The third-order valence-electron chi connectivity index (χ3n) is 5.43. The molecule has 1 heterocycles. The summed E-state index contributed by atoms with van der Waals surface area (Å²) in [5.74, 6) is 0.105. The van der Waals surface area contributed by atoms with E-state index in [9.17, 15) is 19.7 Å². The lowest BCUT2D eigenvalue weighted by Crippen LogP contribution is -2.23. The van der Waals surface area contributed by atoms with Crippen LogP contribution in [0.4, 0.5) is 11.4 Å². The Morgan fingerprint density at radius 3 is 2.46 bits per heavy atom. The number of likely N-dealkylation sites (N-methyl/N-ethyl adjacent to an activating group) is 1. The van der Waals surface area contributed by atoms with Gasteiger partial charge in [-0.3, -0.25) is 19.8 Å². The van der Waals surface area contributed by atoms with Crippen molar-refractivity contribution >= 4 is 91.4 Å².